The number of hydrogen-bond acceptors (Lipinski definition) is 2. The lowest BCUT2D eigenvalue weighted by Gasteiger charge is -2.56. The number of fused-ring (bicyclic) bond motifs is 12. The summed E-state index contributed by atoms with van der Waals surface area (Å²) >= 11 is 0. The number of hydrogen-bond donors (Lipinski definition) is 0. The fraction of sp³-hybridized carbons (Fsp3) is 0.417. The molecule has 2 nitrogen and oxygen atoms in total. The number of nitrogens with zero attached hydrogens (tertiary/aromatic N) is 2. The van der Waals surface area contributed by atoms with E-state index in [1.165, 1.54) is 112 Å². The molecule has 2 aliphatic carbocycles. The molecular formula is C48H49BN2. The smallest absolute Gasteiger partial charge is 0.328 e. The monoisotopic (exact) mass is 664 g/mol. The zero-order chi connectivity index (χ0) is 34.6. The minimum Gasteiger partial charge on any atom is -0.400 e. The first-order chi connectivity index (χ1) is 24.4. The predicted molar refractivity (Wildman–Crippen MR) is 219 cm³/mol. The molecule has 0 N–H and O–H groups in total. The second-order valence-electron chi connectivity index (χ2n) is 19.5. The van der Waals surface area contributed by atoms with Crippen LogP contribution in [0.5, 0.6) is 0 Å². The Morgan fingerprint density at radius 2 is 1.22 bits per heavy atom. The van der Waals surface area contributed by atoms with E-state index in [-0.39, 0.29) is 34.2 Å². The molecule has 4 aliphatic heterocycles. The van der Waals surface area contributed by atoms with Gasteiger partial charge in [-0.1, -0.05) is 133 Å². The van der Waals surface area contributed by atoms with Gasteiger partial charge in [0, 0.05) is 49.8 Å². The summed E-state index contributed by atoms with van der Waals surface area (Å²) in [5.74, 6) is 0. The molecule has 0 spiro atoms. The van der Waals surface area contributed by atoms with Crippen LogP contribution in [0.25, 0.3) is 43.4 Å². The van der Waals surface area contributed by atoms with E-state index in [2.05, 4.69) is 131 Å². The van der Waals surface area contributed by atoms with Gasteiger partial charge in [0.15, 0.2) is 0 Å². The Labute approximate surface area is 303 Å². The first-order valence-electron chi connectivity index (χ1n) is 20.1. The highest BCUT2D eigenvalue weighted by atomic mass is 15.3. The molecule has 0 aromatic heterocycles. The largest absolute Gasteiger partial charge is 0.400 e. The van der Waals surface area contributed by atoms with Gasteiger partial charge in [0.25, 0.3) is 0 Å². The van der Waals surface area contributed by atoms with Crippen molar-refractivity contribution in [1.29, 1.82) is 0 Å². The molecule has 0 bridgehead atoms. The molecule has 2 saturated carbocycles. The molecule has 12 rings (SSSR count). The lowest BCUT2D eigenvalue weighted by Crippen LogP contribution is -2.71. The highest BCUT2D eigenvalue weighted by Crippen LogP contribution is 2.67. The Kier molecular flexibility index (Phi) is 5.10. The van der Waals surface area contributed by atoms with E-state index in [4.69, 9.17) is 0 Å². The summed E-state index contributed by atoms with van der Waals surface area (Å²) in [6.45, 7) is 17.8. The highest BCUT2D eigenvalue weighted by Gasteiger charge is 2.66. The van der Waals surface area contributed by atoms with E-state index in [1.54, 1.807) is 27.7 Å². The fourth-order valence-corrected chi connectivity index (χ4v) is 13.4. The number of rotatable bonds is 0. The summed E-state index contributed by atoms with van der Waals surface area (Å²) < 4.78 is 0. The average Bonchev–Trinajstić information content (AvgIpc) is 3.46. The summed E-state index contributed by atoms with van der Waals surface area (Å²) in [4.78, 5) is 5.99. The van der Waals surface area contributed by atoms with E-state index in [9.17, 15) is 0 Å². The van der Waals surface area contributed by atoms with Gasteiger partial charge in [-0.15, -0.1) is 0 Å². The Balaban J connectivity index is 1.31. The van der Waals surface area contributed by atoms with Crippen molar-refractivity contribution in [3.8, 4) is 11.1 Å². The molecule has 3 heteroatoms. The van der Waals surface area contributed by atoms with Crippen molar-refractivity contribution in [2.75, 3.05) is 9.71 Å². The van der Waals surface area contributed by atoms with Gasteiger partial charge in [0.05, 0.1) is 5.54 Å². The van der Waals surface area contributed by atoms with E-state index in [1.807, 2.05) is 0 Å². The molecule has 0 radical (unpaired) electrons. The van der Waals surface area contributed by atoms with Crippen LogP contribution in [-0.4, -0.2) is 17.9 Å². The molecular weight excluding hydrogens is 615 g/mol. The Morgan fingerprint density at radius 3 is 1.92 bits per heavy atom. The van der Waals surface area contributed by atoms with Crippen molar-refractivity contribution < 1.29 is 0 Å². The van der Waals surface area contributed by atoms with Crippen molar-refractivity contribution in [2.24, 2.45) is 0 Å². The lowest BCUT2D eigenvalue weighted by molar-refractivity contribution is 0.195. The van der Waals surface area contributed by atoms with Crippen LogP contribution in [0.15, 0.2) is 72.8 Å². The van der Waals surface area contributed by atoms with Crippen LogP contribution in [0.1, 0.15) is 117 Å². The SMILES string of the molecule is CC(C)(C)c1cc2ccc3c4c5c(c6ccc(c1)c2c36)N1c2c(cccc2C2(C)CCCCC12C)B5N1c2c-4cccc2C2(C)CCCCC12C. The van der Waals surface area contributed by atoms with Gasteiger partial charge < -0.3 is 9.71 Å². The molecule has 4 atom stereocenters. The zero-order valence-electron chi connectivity index (χ0n) is 31.6. The zero-order valence-corrected chi connectivity index (χ0v) is 31.6. The summed E-state index contributed by atoms with van der Waals surface area (Å²) in [5.41, 5.74) is 15.7. The van der Waals surface area contributed by atoms with Crippen LogP contribution in [0.4, 0.5) is 17.1 Å². The maximum absolute atomic E-state index is 3.02. The molecule has 51 heavy (non-hydrogen) atoms. The molecule has 0 saturated heterocycles. The molecule has 4 unspecified atom stereocenters. The first kappa shape index (κ1) is 29.6. The van der Waals surface area contributed by atoms with E-state index in [0.29, 0.717) is 0 Å². The summed E-state index contributed by atoms with van der Waals surface area (Å²) in [7, 11) is 0. The summed E-state index contributed by atoms with van der Waals surface area (Å²) in [6, 6.07) is 29.9. The predicted octanol–water partition coefficient (Wildman–Crippen LogP) is 11.1. The average molecular weight is 665 g/mol. The maximum Gasteiger partial charge on any atom is 0.328 e. The van der Waals surface area contributed by atoms with Gasteiger partial charge in [-0.3, -0.25) is 0 Å². The Hall–Kier alpha value is -3.98. The van der Waals surface area contributed by atoms with Gasteiger partial charge in [-0.05, 0) is 99.7 Å². The second kappa shape index (κ2) is 8.79. The van der Waals surface area contributed by atoms with Gasteiger partial charge in [0.2, 0.25) is 0 Å². The third kappa shape index (κ3) is 3.01. The Bertz CT molecular complexity index is 2560. The molecule has 6 aromatic rings. The first-order valence-corrected chi connectivity index (χ1v) is 20.1. The fourth-order valence-electron chi connectivity index (χ4n) is 13.4. The standard InChI is InChI=1S/C48H49BN2/c1-44(2,3)30-26-28-18-20-31-38-33(21-19-29(27-30)37(28)38)42-40-39(31)32-14-12-15-34-41(32)51(48(7)25-11-9-23-46(34,48)5)49(40)36-17-13-16-35-43(36)50(42)47(6)24-10-8-22-45(35,47)4/h12-21,26-27H,8-11,22-25H2,1-7H3. The highest BCUT2D eigenvalue weighted by molar-refractivity contribution is 6.93. The molecule has 6 aromatic carbocycles. The third-order valence-electron chi connectivity index (χ3n) is 16.4. The molecule has 254 valence electrons. The van der Waals surface area contributed by atoms with Gasteiger partial charge in [0.1, 0.15) is 0 Å². The quantitative estimate of drug-likeness (QED) is 0.118. The third-order valence-corrected chi connectivity index (χ3v) is 16.4. The van der Waals surface area contributed by atoms with Crippen LogP contribution < -0.4 is 20.6 Å². The van der Waals surface area contributed by atoms with Crippen molar-refractivity contribution in [2.45, 2.75) is 127 Å². The topological polar surface area (TPSA) is 6.48 Å². The minimum absolute atomic E-state index is 0.0150. The molecule has 4 heterocycles. The van der Waals surface area contributed by atoms with Crippen molar-refractivity contribution in [3.05, 3.63) is 89.5 Å². The number of benzene rings is 6. The molecule has 6 aliphatic rings. The lowest BCUT2D eigenvalue weighted by atomic mass is 9.41. The van der Waals surface area contributed by atoms with Crippen LogP contribution in [-0.2, 0) is 16.2 Å². The van der Waals surface area contributed by atoms with E-state index < -0.39 is 0 Å². The van der Waals surface area contributed by atoms with E-state index >= 15 is 0 Å². The number of para-hydroxylation sites is 2. The van der Waals surface area contributed by atoms with Gasteiger partial charge in [-0.25, -0.2) is 0 Å². The maximum atomic E-state index is 3.02. The molecule has 2 fully saturated rings. The van der Waals surface area contributed by atoms with E-state index in [0.717, 1.165) is 0 Å². The number of anilines is 3. The van der Waals surface area contributed by atoms with Gasteiger partial charge in [-0.2, -0.15) is 0 Å². The normalized spacial score (nSPS) is 29.8. The van der Waals surface area contributed by atoms with Crippen LogP contribution in [0, 0.1) is 0 Å². The van der Waals surface area contributed by atoms with Crippen molar-refractivity contribution >= 4 is 67.2 Å². The van der Waals surface area contributed by atoms with Crippen LogP contribution in [0.2, 0.25) is 0 Å². The summed E-state index contributed by atoms with van der Waals surface area (Å²) in [6.07, 6.45) is 10.2. The Morgan fingerprint density at radius 1 is 0.608 bits per heavy atom. The van der Waals surface area contributed by atoms with Crippen LogP contribution >= 0.6 is 0 Å². The van der Waals surface area contributed by atoms with Crippen molar-refractivity contribution in [1.82, 2.24) is 0 Å². The van der Waals surface area contributed by atoms with Crippen LogP contribution in [0.3, 0.4) is 0 Å². The minimum atomic E-state index is 0.0150. The van der Waals surface area contributed by atoms with Crippen molar-refractivity contribution in [3.63, 3.8) is 0 Å². The summed E-state index contributed by atoms with van der Waals surface area (Å²) in [5, 5.41) is 8.60. The van der Waals surface area contributed by atoms with Gasteiger partial charge >= 0.3 is 6.85 Å². The second-order valence-corrected chi connectivity index (χ2v) is 19.5. The molecule has 0 amide bonds.